The summed E-state index contributed by atoms with van der Waals surface area (Å²) in [5.74, 6) is 0.852. The summed E-state index contributed by atoms with van der Waals surface area (Å²) in [7, 11) is 0. The van der Waals surface area contributed by atoms with E-state index in [0.29, 0.717) is 29.4 Å². The molecular weight excluding hydrogens is 487 g/mol. The average Bonchev–Trinajstić information content (AvgIpc) is 3.55. The number of nitrogens with one attached hydrogen (secondary N) is 1. The number of halogens is 3. The van der Waals surface area contributed by atoms with Crippen LogP contribution in [0.3, 0.4) is 0 Å². The van der Waals surface area contributed by atoms with E-state index in [0.717, 1.165) is 42.0 Å². The smallest absolute Gasteiger partial charge is 0.366 e. The molecule has 0 spiro atoms. The summed E-state index contributed by atoms with van der Waals surface area (Å²) < 4.78 is 39.8. The molecule has 1 saturated heterocycles. The van der Waals surface area contributed by atoms with Crippen LogP contribution in [0.5, 0.6) is 0 Å². The maximum absolute atomic E-state index is 13.5. The molecule has 1 fully saturated rings. The van der Waals surface area contributed by atoms with Crippen molar-refractivity contribution in [2.45, 2.75) is 18.6 Å². The monoisotopic (exact) mass is 507 g/mol. The highest BCUT2D eigenvalue weighted by Crippen LogP contribution is 2.41. The van der Waals surface area contributed by atoms with Crippen LogP contribution < -0.4 is 15.1 Å². The second-order valence-electron chi connectivity index (χ2n) is 8.73. The second kappa shape index (κ2) is 8.63. The topological polar surface area (TPSA) is 61.4 Å². The van der Waals surface area contributed by atoms with Crippen molar-refractivity contribution in [3.63, 3.8) is 0 Å². The summed E-state index contributed by atoms with van der Waals surface area (Å²) in [6.45, 7) is 1.45. The first-order chi connectivity index (χ1) is 17.4. The third kappa shape index (κ3) is 4.07. The zero-order valence-electron chi connectivity index (χ0n) is 18.9. The molecule has 0 aliphatic carbocycles. The predicted octanol–water partition coefficient (Wildman–Crippen LogP) is 6.52. The van der Waals surface area contributed by atoms with E-state index in [1.165, 1.54) is 6.07 Å². The number of alkyl halides is 3. The third-order valence-corrected chi connectivity index (χ3v) is 7.14. The van der Waals surface area contributed by atoms with Gasteiger partial charge in [0.25, 0.3) is 0 Å². The number of hydrogen-bond donors (Lipinski definition) is 1. The minimum absolute atomic E-state index is 0.0955. The molecule has 2 aliphatic heterocycles. The first-order valence-corrected chi connectivity index (χ1v) is 12.3. The zero-order valence-corrected chi connectivity index (χ0v) is 19.7. The molecule has 10 heteroatoms. The number of anilines is 3. The summed E-state index contributed by atoms with van der Waals surface area (Å²) >= 11 is 1.57. The lowest BCUT2D eigenvalue weighted by Crippen LogP contribution is -2.48. The Morgan fingerprint density at radius 1 is 1.00 bits per heavy atom. The Labute approximate surface area is 209 Å². The Bertz CT molecular complexity index is 1440. The molecule has 6 nitrogen and oxygen atoms in total. The normalized spacial score (nSPS) is 16.7. The fourth-order valence-corrected chi connectivity index (χ4v) is 5.38. The predicted molar refractivity (Wildman–Crippen MR) is 134 cm³/mol. The molecule has 1 N–H and O–H groups in total. The van der Waals surface area contributed by atoms with Gasteiger partial charge in [0.15, 0.2) is 5.82 Å². The summed E-state index contributed by atoms with van der Waals surface area (Å²) in [5, 5.41) is 6.85. The van der Waals surface area contributed by atoms with Crippen molar-refractivity contribution >= 4 is 34.7 Å². The second-order valence-corrected chi connectivity index (χ2v) is 9.51. The molecule has 1 aromatic carbocycles. The van der Waals surface area contributed by atoms with Gasteiger partial charge in [0.2, 0.25) is 0 Å². The van der Waals surface area contributed by atoms with E-state index in [-0.39, 0.29) is 12.1 Å². The molecule has 2 bridgehead atoms. The van der Waals surface area contributed by atoms with Gasteiger partial charge in [0.05, 0.1) is 28.7 Å². The van der Waals surface area contributed by atoms with Crippen molar-refractivity contribution in [1.29, 1.82) is 0 Å². The molecule has 4 aromatic rings. The Morgan fingerprint density at radius 2 is 1.83 bits per heavy atom. The molecule has 3 aromatic heterocycles. The van der Waals surface area contributed by atoms with Crippen molar-refractivity contribution in [2.24, 2.45) is 0 Å². The molecule has 2 aliphatic rings. The highest BCUT2D eigenvalue weighted by atomic mass is 32.1. The third-order valence-electron chi connectivity index (χ3n) is 6.46. The Balaban J connectivity index is 1.34. The van der Waals surface area contributed by atoms with Crippen molar-refractivity contribution < 1.29 is 18.0 Å². The van der Waals surface area contributed by atoms with Crippen LogP contribution in [0.4, 0.5) is 35.3 Å². The van der Waals surface area contributed by atoms with E-state index in [2.05, 4.69) is 20.2 Å². The van der Waals surface area contributed by atoms with Gasteiger partial charge in [-0.1, -0.05) is 18.2 Å². The number of amides is 2. The molecule has 6 rings (SSSR count). The van der Waals surface area contributed by atoms with Gasteiger partial charge in [-0.05, 0) is 54.3 Å². The molecule has 0 radical (unpaired) electrons. The van der Waals surface area contributed by atoms with E-state index >= 15 is 0 Å². The van der Waals surface area contributed by atoms with Gasteiger partial charge in [-0.25, -0.2) is 14.8 Å². The largest absolute Gasteiger partial charge is 0.416 e. The van der Waals surface area contributed by atoms with Gasteiger partial charge in [-0.15, -0.1) is 0 Å². The van der Waals surface area contributed by atoms with Crippen LogP contribution in [0, 0.1) is 0 Å². The first-order valence-electron chi connectivity index (χ1n) is 11.4. The first kappa shape index (κ1) is 22.5. The molecule has 0 unspecified atom stereocenters. The fourth-order valence-electron chi connectivity index (χ4n) is 4.73. The molecule has 5 heterocycles. The number of rotatable bonds is 3. The van der Waals surface area contributed by atoms with Gasteiger partial charge in [0, 0.05) is 29.6 Å². The van der Waals surface area contributed by atoms with Crippen LogP contribution in [0.1, 0.15) is 12.0 Å². The van der Waals surface area contributed by atoms with Crippen molar-refractivity contribution in [2.75, 3.05) is 28.2 Å². The number of urea groups is 1. The number of benzene rings is 1. The average molecular weight is 508 g/mol. The molecule has 182 valence electrons. The lowest BCUT2D eigenvalue weighted by molar-refractivity contribution is -0.137. The van der Waals surface area contributed by atoms with E-state index in [1.807, 2.05) is 35.0 Å². The number of fused-ring (bicyclic) bond motifs is 4. The minimum Gasteiger partial charge on any atom is -0.366 e. The van der Waals surface area contributed by atoms with Crippen LogP contribution in [-0.4, -0.2) is 35.1 Å². The van der Waals surface area contributed by atoms with Gasteiger partial charge in [-0.3, -0.25) is 10.2 Å². The number of nitrogens with zero attached hydrogens (tertiary/aromatic N) is 4. The van der Waals surface area contributed by atoms with Gasteiger partial charge in [-0.2, -0.15) is 24.5 Å². The molecule has 1 atom stereocenters. The summed E-state index contributed by atoms with van der Waals surface area (Å²) in [5.41, 5.74) is 2.48. The molecule has 36 heavy (non-hydrogen) atoms. The summed E-state index contributed by atoms with van der Waals surface area (Å²) in [4.78, 5) is 26.6. The number of carbonyl (C=O) groups is 1. The summed E-state index contributed by atoms with van der Waals surface area (Å²) in [6.07, 6.45) is -3.68. The van der Waals surface area contributed by atoms with Crippen molar-refractivity contribution in [3.8, 4) is 22.5 Å². The highest BCUT2D eigenvalue weighted by molar-refractivity contribution is 7.08. The van der Waals surface area contributed by atoms with E-state index < -0.39 is 11.7 Å². The zero-order chi connectivity index (χ0) is 24.9. The Kier molecular flexibility index (Phi) is 5.40. The number of thiophene rings is 1. The quantitative estimate of drug-likeness (QED) is 0.343. The SMILES string of the molecule is O=C(Nc1cccc(-c2ccsc2)n1)N1c2nc(-c3cccc(C(F)(F)F)c3)ccc2N2CC[C@H]1C2. The molecule has 0 saturated carbocycles. The van der Waals surface area contributed by atoms with Crippen LogP contribution in [0.2, 0.25) is 0 Å². The highest BCUT2D eigenvalue weighted by Gasteiger charge is 2.40. The lowest BCUT2D eigenvalue weighted by atomic mass is 10.1. The number of carbonyl (C=O) groups excluding carboxylic acids is 1. The van der Waals surface area contributed by atoms with Crippen LogP contribution >= 0.6 is 11.3 Å². The van der Waals surface area contributed by atoms with Crippen molar-refractivity contribution in [1.82, 2.24) is 9.97 Å². The minimum atomic E-state index is -4.45. The summed E-state index contributed by atoms with van der Waals surface area (Å²) in [6, 6.07) is 15.5. The fraction of sp³-hybridized carbons (Fsp3) is 0.192. The lowest BCUT2D eigenvalue weighted by Gasteiger charge is -2.35. The van der Waals surface area contributed by atoms with Gasteiger partial charge >= 0.3 is 12.2 Å². The van der Waals surface area contributed by atoms with E-state index in [9.17, 15) is 18.0 Å². The number of hydrogen-bond acceptors (Lipinski definition) is 5. The van der Waals surface area contributed by atoms with E-state index in [1.54, 1.807) is 34.4 Å². The number of aromatic nitrogens is 2. The maximum atomic E-state index is 13.5. The van der Waals surface area contributed by atoms with Crippen LogP contribution in [0.25, 0.3) is 22.5 Å². The Hall–Kier alpha value is -3.92. The standard InChI is InChI=1S/C26H20F3N5OS/c27-26(28,29)18-4-1-3-16(13-18)21-7-8-22-24(31-21)34(19-9-11-33(22)14-19)25(35)32-23-6-2-5-20(30-23)17-10-12-36-15-17/h1-8,10,12-13,15,19H,9,11,14H2,(H,30,32,35)/t19-/m0/s1. The van der Waals surface area contributed by atoms with Gasteiger partial charge in [0.1, 0.15) is 5.82 Å². The molecular formula is C26H20F3N5OS. The van der Waals surface area contributed by atoms with Crippen molar-refractivity contribution in [3.05, 3.63) is 77.0 Å². The Morgan fingerprint density at radius 3 is 2.64 bits per heavy atom. The number of pyridine rings is 2. The maximum Gasteiger partial charge on any atom is 0.416 e. The molecule has 2 amide bonds. The van der Waals surface area contributed by atoms with E-state index in [4.69, 9.17) is 0 Å². The van der Waals surface area contributed by atoms with Crippen LogP contribution in [-0.2, 0) is 6.18 Å². The van der Waals surface area contributed by atoms with Gasteiger partial charge < -0.3 is 4.90 Å². The van der Waals surface area contributed by atoms with Crippen LogP contribution in [0.15, 0.2) is 71.4 Å².